The minimum Gasteiger partial charge on any atom is -0.406 e. The molecule has 1 heterocycles. The lowest BCUT2D eigenvalue weighted by Crippen LogP contribution is -2.38. The number of likely N-dealkylation sites (tertiary alicyclic amines) is 1. The van der Waals surface area contributed by atoms with Crippen LogP contribution in [0.4, 0.5) is 13.2 Å². The van der Waals surface area contributed by atoms with E-state index in [0.29, 0.717) is 6.42 Å². The number of halogens is 3. The summed E-state index contributed by atoms with van der Waals surface area (Å²) in [5, 5.41) is 0. The molecule has 0 amide bonds. The summed E-state index contributed by atoms with van der Waals surface area (Å²) in [5.41, 5.74) is -0.0875. The van der Waals surface area contributed by atoms with Crippen molar-refractivity contribution in [2.75, 3.05) is 19.6 Å². The average molecular weight is 275 g/mol. The Hall–Kier alpha value is -0.970. The van der Waals surface area contributed by atoms with Crippen molar-refractivity contribution in [3.8, 4) is 0 Å². The first-order valence-corrected chi connectivity index (χ1v) is 6.74. The number of hydrogen-bond donors (Lipinski definition) is 0. The van der Waals surface area contributed by atoms with Crippen LogP contribution in [0.5, 0.6) is 0 Å². The first kappa shape index (κ1) is 14.4. The number of allylic oxidation sites excluding steroid dienone is 2. The second-order valence-corrected chi connectivity index (χ2v) is 5.68. The van der Waals surface area contributed by atoms with E-state index in [1.165, 1.54) is 31.4 Å². The molecule has 0 spiro atoms. The lowest BCUT2D eigenvalue weighted by molar-refractivity contribution is -0.303. The molecule has 1 aliphatic carbocycles. The van der Waals surface area contributed by atoms with Gasteiger partial charge in [-0.1, -0.05) is 19.4 Å². The first-order valence-electron chi connectivity index (χ1n) is 6.74. The molecule has 0 radical (unpaired) electrons. The molecule has 19 heavy (non-hydrogen) atoms. The van der Waals surface area contributed by atoms with Crippen molar-refractivity contribution in [2.24, 2.45) is 5.41 Å². The largest absolute Gasteiger partial charge is 0.573 e. The van der Waals surface area contributed by atoms with Crippen molar-refractivity contribution in [3.05, 3.63) is 24.0 Å². The SMILES string of the molecule is CC1(CN2CCCCC2)C=CC(OC(F)(F)F)=CC1. The molecule has 0 aromatic rings. The number of ether oxygens (including phenoxy) is 1. The standard InChI is InChI=1S/C14H20F3NO/c1-13(11-18-9-3-2-4-10-18)7-5-12(6-8-13)19-14(15,16)17/h5-7H,2-4,8-11H2,1H3. The highest BCUT2D eigenvalue weighted by atomic mass is 19.4. The Morgan fingerprint density at radius 2 is 1.95 bits per heavy atom. The van der Waals surface area contributed by atoms with E-state index in [1.54, 1.807) is 0 Å². The zero-order valence-electron chi connectivity index (χ0n) is 11.2. The highest BCUT2D eigenvalue weighted by Gasteiger charge is 2.33. The van der Waals surface area contributed by atoms with Crippen LogP contribution in [0.2, 0.25) is 0 Å². The second kappa shape index (κ2) is 5.57. The summed E-state index contributed by atoms with van der Waals surface area (Å²) >= 11 is 0. The average Bonchev–Trinajstić information content (AvgIpc) is 2.32. The van der Waals surface area contributed by atoms with E-state index in [-0.39, 0.29) is 11.2 Å². The van der Waals surface area contributed by atoms with Gasteiger partial charge in [0.05, 0.1) is 0 Å². The van der Waals surface area contributed by atoms with Gasteiger partial charge in [-0.25, -0.2) is 0 Å². The summed E-state index contributed by atoms with van der Waals surface area (Å²) in [4.78, 5) is 2.40. The van der Waals surface area contributed by atoms with Gasteiger partial charge in [0.1, 0.15) is 5.76 Å². The van der Waals surface area contributed by atoms with E-state index in [9.17, 15) is 13.2 Å². The molecule has 1 saturated heterocycles. The van der Waals surface area contributed by atoms with Crippen molar-refractivity contribution in [1.82, 2.24) is 4.90 Å². The Bertz CT molecular complexity index is 369. The fraction of sp³-hybridized carbons (Fsp3) is 0.714. The summed E-state index contributed by atoms with van der Waals surface area (Å²) in [6.45, 7) is 5.18. The maximum Gasteiger partial charge on any atom is 0.573 e. The van der Waals surface area contributed by atoms with E-state index >= 15 is 0 Å². The number of piperidine rings is 1. The molecule has 1 aliphatic heterocycles. The molecule has 1 fully saturated rings. The highest BCUT2D eigenvalue weighted by molar-refractivity contribution is 5.22. The van der Waals surface area contributed by atoms with Crippen LogP contribution < -0.4 is 0 Å². The van der Waals surface area contributed by atoms with Crippen LogP contribution in [-0.4, -0.2) is 30.9 Å². The van der Waals surface area contributed by atoms with E-state index in [0.717, 1.165) is 19.6 Å². The molecular weight excluding hydrogens is 255 g/mol. The quantitative estimate of drug-likeness (QED) is 0.775. The lowest BCUT2D eigenvalue weighted by Gasteiger charge is -2.36. The van der Waals surface area contributed by atoms with E-state index < -0.39 is 6.36 Å². The van der Waals surface area contributed by atoms with Gasteiger partial charge in [0.15, 0.2) is 0 Å². The van der Waals surface area contributed by atoms with Gasteiger partial charge in [-0.3, -0.25) is 0 Å². The third-order valence-electron chi connectivity index (χ3n) is 3.69. The van der Waals surface area contributed by atoms with Gasteiger partial charge >= 0.3 is 6.36 Å². The van der Waals surface area contributed by atoms with Crippen LogP contribution in [0, 0.1) is 5.41 Å². The summed E-state index contributed by atoms with van der Waals surface area (Å²) in [6.07, 6.45) is 4.55. The molecule has 0 N–H and O–H groups in total. The molecule has 2 nitrogen and oxygen atoms in total. The van der Waals surface area contributed by atoms with Crippen LogP contribution in [0.3, 0.4) is 0 Å². The van der Waals surface area contributed by atoms with Crippen molar-refractivity contribution in [2.45, 2.75) is 39.0 Å². The number of alkyl halides is 3. The van der Waals surface area contributed by atoms with Crippen LogP contribution in [0.1, 0.15) is 32.6 Å². The van der Waals surface area contributed by atoms with Crippen molar-refractivity contribution >= 4 is 0 Å². The van der Waals surface area contributed by atoms with Crippen molar-refractivity contribution < 1.29 is 17.9 Å². The predicted molar refractivity (Wildman–Crippen MR) is 67.4 cm³/mol. The van der Waals surface area contributed by atoms with Gasteiger partial charge in [0, 0.05) is 12.0 Å². The highest BCUT2D eigenvalue weighted by Crippen LogP contribution is 2.33. The van der Waals surface area contributed by atoms with Crippen LogP contribution in [-0.2, 0) is 4.74 Å². The van der Waals surface area contributed by atoms with Gasteiger partial charge in [-0.05, 0) is 44.5 Å². The number of nitrogens with zero attached hydrogens (tertiary/aromatic N) is 1. The van der Waals surface area contributed by atoms with Crippen molar-refractivity contribution in [1.29, 1.82) is 0 Å². The maximum absolute atomic E-state index is 12.1. The minimum absolute atomic E-state index is 0.0875. The Balaban J connectivity index is 1.88. The monoisotopic (exact) mass is 275 g/mol. The molecule has 0 aromatic heterocycles. The Kier molecular flexibility index (Phi) is 4.23. The summed E-state index contributed by atoms with van der Waals surface area (Å²) in [7, 11) is 0. The zero-order valence-corrected chi connectivity index (χ0v) is 11.2. The molecular formula is C14H20F3NO. The third-order valence-corrected chi connectivity index (χ3v) is 3.69. The predicted octanol–water partition coefficient (Wildman–Crippen LogP) is 3.86. The van der Waals surface area contributed by atoms with E-state index in [4.69, 9.17) is 0 Å². The summed E-state index contributed by atoms with van der Waals surface area (Å²) < 4.78 is 40.2. The van der Waals surface area contributed by atoms with Crippen LogP contribution in [0.25, 0.3) is 0 Å². The normalized spacial score (nSPS) is 29.2. The molecule has 0 saturated carbocycles. The fourth-order valence-electron chi connectivity index (χ4n) is 2.71. The molecule has 0 bridgehead atoms. The third kappa shape index (κ3) is 4.56. The molecule has 0 aromatic carbocycles. The topological polar surface area (TPSA) is 12.5 Å². The van der Waals surface area contributed by atoms with E-state index in [2.05, 4.69) is 16.6 Å². The number of hydrogen-bond acceptors (Lipinski definition) is 2. The van der Waals surface area contributed by atoms with Crippen LogP contribution >= 0.6 is 0 Å². The van der Waals surface area contributed by atoms with Crippen LogP contribution in [0.15, 0.2) is 24.0 Å². The van der Waals surface area contributed by atoms with Crippen molar-refractivity contribution in [3.63, 3.8) is 0 Å². The minimum atomic E-state index is -4.60. The summed E-state index contributed by atoms with van der Waals surface area (Å²) in [5.74, 6) is -0.0939. The van der Waals surface area contributed by atoms with Gasteiger partial charge in [0.25, 0.3) is 0 Å². The molecule has 1 atom stereocenters. The maximum atomic E-state index is 12.1. The van der Waals surface area contributed by atoms with E-state index in [1.807, 2.05) is 6.08 Å². The van der Waals surface area contributed by atoms with Gasteiger partial charge in [0.2, 0.25) is 0 Å². The molecule has 2 rings (SSSR count). The van der Waals surface area contributed by atoms with Gasteiger partial charge in [-0.15, -0.1) is 13.2 Å². The smallest absolute Gasteiger partial charge is 0.406 e. The fourth-order valence-corrected chi connectivity index (χ4v) is 2.71. The Morgan fingerprint density at radius 3 is 2.47 bits per heavy atom. The first-order chi connectivity index (χ1) is 8.86. The lowest BCUT2D eigenvalue weighted by atomic mass is 9.82. The Morgan fingerprint density at radius 1 is 1.26 bits per heavy atom. The molecule has 2 aliphatic rings. The van der Waals surface area contributed by atoms with Gasteiger partial charge < -0.3 is 9.64 Å². The zero-order chi connectivity index (χ0) is 13.9. The Labute approximate surface area is 111 Å². The molecule has 108 valence electrons. The molecule has 1 unspecified atom stereocenters. The molecule has 5 heteroatoms. The van der Waals surface area contributed by atoms with Gasteiger partial charge in [-0.2, -0.15) is 0 Å². The number of rotatable bonds is 3. The summed E-state index contributed by atoms with van der Waals surface area (Å²) in [6, 6.07) is 0. The second-order valence-electron chi connectivity index (χ2n) is 5.68.